The highest BCUT2D eigenvalue weighted by atomic mass is 19.4. The lowest BCUT2D eigenvalue weighted by Gasteiger charge is -2.12. The van der Waals surface area contributed by atoms with Gasteiger partial charge < -0.3 is 9.47 Å². The van der Waals surface area contributed by atoms with E-state index in [4.69, 9.17) is 4.74 Å². The first-order valence-electron chi connectivity index (χ1n) is 9.57. The van der Waals surface area contributed by atoms with Crippen LogP contribution in [0.2, 0.25) is 0 Å². The van der Waals surface area contributed by atoms with Gasteiger partial charge in [0.2, 0.25) is 5.88 Å². The van der Waals surface area contributed by atoms with Gasteiger partial charge in [-0.3, -0.25) is 0 Å². The SMILES string of the molecule is COc1nc(-c2c(F)cccc2F)ncc1-c1cccc(-c2ccc(OC(F)(F)F)cc2)c1. The minimum atomic E-state index is -4.77. The van der Waals surface area contributed by atoms with E-state index in [2.05, 4.69) is 14.7 Å². The predicted octanol–water partition coefficient (Wildman–Crippen LogP) is 6.66. The molecule has 4 nitrogen and oxygen atoms in total. The van der Waals surface area contributed by atoms with Crippen LogP contribution in [0, 0.1) is 11.6 Å². The third-order valence-corrected chi connectivity index (χ3v) is 4.73. The molecule has 0 spiro atoms. The van der Waals surface area contributed by atoms with Crippen molar-refractivity contribution in [2.24, 2.45) is 0 Å². The standard InChI is InChI=1S/C24H15F5N2O2/c1-32-23-18(13-30-22(31-23)21-19(25)6-3-7-20(21)26)16-5-2-4-15(12-16)14-8-10-17(11-9-14)33-24(27,28)29/h2-13H,1H3. The third-order valence-electron chi connectivity index (χ3n) is 4.73. The summed E-state index contributed by atoms with van der Waals surface area (Å²) in [5.74, 6) is -1.99. The van der Waals surface area contributed by atoms with Crippen molar-refractivity contribution in [3.05, 3.63) is 84.6 Å². The van der Waals surface area contributed by atoms with E-state index in [1.165, 1.54) is 43.6 Å². The number of rotatable bonds is 5. The zero-order chi connectivity index (χ0) is 23.6. The zero-order valence-electron chi connectivity index (χ0n) is 17.0. The molecule has 0 amide bonds. The molecule has 1 aromatic heterocycles. The van der Waals surface area contributed by atoms with Crippen molar-refractivity contribution in [2.75, 3.05) is 7.11 Å². The quantitative estimate of drug-likeness (QED) is 0.314. The fourth-order valence-corrected chi connectivity index (χ4v) is 3.27. The van der Waals surface area contributed by atoms with Crippen molar-refractivity contribution < 1.29 is 31.4 Å². The van der Waals surface area contributed by atoms with Gasteiger partial charge in [0.15, 0.2) is 5.82 Å². The van der Waals surface area contributed by atoms with E-state index in [0.29, 0.717) is 22.3 Å². The molecule has 0 saturated heterocycles. The van der Waals surface area contributed by atoms with Crippen LogP contribution in [0.15, 0.2) is 72.9 Å². The summed E-state index contributed by atoms with van der Waals surface area (Å²) in [5, 5.41) is 0. The molecule has 33 heavy (non-hydrogen) atoms. The Morgan fingerprint density at radius 3 is 2.06 bits per heavy atom. The van der Waals surface area contributed by atoms with Crippen LogP contribution in [0.25, 0.3) is 33.6 Å². The molecule has 0 bridgehead atoms. The summed E-state index contributed by atoms with van der Waals surface area (Å²) in [6.45, 7) is 0. The second kappa shape index (κ2) is 8.85. The predicted molar refractivity (Wildman–Crippen MR) is 111 cm³/mol. The molecule has 0 saturated carbocycles. The highest BCUT2D eigenvalue weighted by Gasteiger charge is 2.31. The van der Waals surface area contributed by atoms with Gasteiger partial charge in [0.25, 0.3) is 0 Å². The fourth-order valence-electron chi connectivity index (χ4n) is 3.27. The van der Waals surface area contributed by atoms with Crippen LogP contribution in [0.1, 0.15) is 0 Å². The van der Waals surface area contributed by atoms with E-state index in [-0.39, 0.29) is 23.0 Å². The van der Waals surface area contributed by atoms with Crippen molar-refractivity contribution in [2.45, 2.75) is 6.36 Å². The molecule has 0 aliphatic rings. The highest BCUT2D eigenvalue weighted by Crippen LogP contribution is 2.34. The Bertz CT molecular complexity index is 1270. The Hall–Kier alpha value is -4.01. The maximum Gasteiger partial charge on any atom is 0.573 e. The van der Waals surface area contributed by atoms with Gasteiger partial charge in [0.1, 0.15) is 17.4 Å². The second-order valence-electron chi connectivity index (χ2n) is 6.87. The molecule has 0 aliphatic heterocycles. The molecule has 0 radical (unpaired) electrons. The summed E-state index contributed by atoms with van der Waals surface area (Å²) in [6.07, 6.45) is -3.37. The minimum Gasteiger partial charge on any atom is -0.480 e. The summed E-state index contributed by atoms with van der Waals surface area (Å²) < 4.78 is 74.6. The number of methoxy groups -OCH3 is 1. The molecule has 4 aromatic rings. The van der Waals surface area contributed by atoms with Gasteiger partial charge in [0.05, 0.1) is 18.2 Å². The average Bonchev–Trinajstić information content (AvgIpc) is 2.78. The van der Waals surface area contributed by atoms with Crippen LogP contribution in [0.4, 0.5) is 22.0 Å². The van der Waals surface area contributed by atoms with Crippen molar-refractivity contribution in [3.63, 3.8) is 0 Å². The molecule has 0 fully saturated rings. The molecular weight excluding hydrogens is 443 g/mol. The maximum atomic E-state index is 14.1. The molecule has 0 N–H and O–H groups in total. The van der Waals surface area contributed by atoms with E-state index in [1.807, 2.05) is 0 Å². The number of nitrogens with zero attached hydrogens (tertiary/aromatic N) is 2. The normalized spacial score (nSPS) is 11.3. The van der Waals surface area contributed by atoms with E-state index in [1.54, 1.807) is 24.3 Å². The lowest BCUT2D eigenvalue weighted by molar-refractivity contribution is -0.274. The zero-order valence-corrected chi connectivity index (χ0v) is 17.0. The Balaban J connectivity index is 1.68. The number of benzene rings is 3. The van der Waals surface area contributed by atoms with Crippen LogP contribution < -0.4 is 9.47 Å². The van der Waals surface area contributed by atoms with Crippen molar-refractivity contribution >= 4 is 0 Å². The van der Waals surface area contributed by atoms with Crippen molar-refractivity contribution in [1.82, 2.24) is 9.97 Å². The molecule has 0 aliphatic carbocycles. The van der Waals surface area contributed by atoms with E-state index < -0.39 is 18.0 Å². The molecule has 168 valence electrons. The van der Waals surface area contributed by atoms with Crippen LogP contribution in [0.3, 0.4) is 0 Å². The Morgan fingerprint density at radius 2 is 1.42 bits per heavy atom. The maximum absolute atomic E-state index is 14.1. The fraction of sp³-hybridized carbons (Fsp3) is 0.0833. The lowest BCUT2D eigenvalue weighted by Crippen LogP contribution is -2.16. The number of hydrogen-bond donors (Lipinski definition) is 0. The first-order valence-corrected chi connectivity index (χ1v) is 9.57. The van der Waals surface area contributed by atoms with Crippen LogP contribution >= 0.6 is 0 Å². The smallest absolute Gasteiger partial charge is 0.480 e. The Morgan fingerprint density at radius 1 is 0.788 bits per heavy atom. The number of ether oxygens (including phenoxy) is 2. The number of hydrogen-bond acceptors (Lipinski definition) is 4. The van der Waals surface area contributed by atoms with Gasteiger partial charge in [0, 0.05) is 6.20 Å². The monoisotopic (exact) mass is 458 g/mol. The third kappa shape index (κ3) is 4.92. The first-order chi connectivity index (χ1) is 15.7. The van der Waals surface area contributed by atoms with Gasteiger partial charge in [-0.1, -0.05) is 36.4 Å². The molecule has 3 aromatic carbocycles. The Labute approximate surface area is 185 Å². The molecule has 1 heterocycles. The molecule has 9 heteroatoms. The van der Waals surface area contributed by atoms with E-state index >= 15 is 0 Å². The lowest BCUT2D eigenvalue weighted by atomic mass is 10.00. The highest BCUT2D eigenvalue weighted by molar-refractivity contribution is 5.76. The van der Waals surface area contributed by atoms with E-state index in [9.17, 15) is 22.0 Å². The van der Waals surface area contributed by atoms with Gasteiger partial charge in [-0.05, 0) is 47.0 Å². The van der Waals surface area contributed by atoms with Crippen LogP contribution in [0.5, 0.6) is 11.6 Å². The van der Waals surface area contributed by atoms with E-state index in [0.717, 1.165) is 12.1 Å². The van der Waals surface area contributed by atoms with Gasteiger partial charge in [-0.2, -0.15) is 4.98 Å². The second-order valence-corrected chi connectivity index (χ2v) is 6.87. The number of alkyl halides is 3. The van der Waals surface area contributed by atoms with Crippen LogP contribution in [-0.4, -0.2) is 23.4 Å². The van der Waals surface area contributed by atoms with Crippen molar-refractivity contribution in [1.29, 1.82) is 0 Å². The summed E-state index contributed by atoms with van der Waals surface area (Å²) in [7, 11) is 1.37. The van der Waals surface area contributed by atoms with Crippen LogP contribution in [-0.2, 0) is 0 Å². The van der Waals surface area contributed by atoms with Gasteiger partial charge >= 0.3 is 6.36 Å². The molecule has 0 atom stereocenters. The molecular formula is C24H15F5N2O2. The summed E-state index contributed by atoms with van der Waals surface area (Å²) in [6, 6.07) is 15.9. The molecule has 0 unspecified atom stereocenters. The topological polar surface area (TPSA) is 44.2 Å². The summed E-state index contributed by atoms with van der Waals surface area (Å²) >= 11 is 0. The molecule has 4 rings (SSSR count). The largest absolute Gasteiger partial charge is 0.573 e. The minimum absolute atomic E-state index is 0.105. The van der Waals surface area contributed by atoms with Gasteiger partial charge in [-0.25, -0.2) is 13.8 Å². The first kappa shape index (κ1) is 22.2. The summed E-state index contributed by atoms with van der Waals surface area (Å²) in [4.78, 5) is 8.28. The Kier molecular flexibility index (Phi) is 5.95. The van der Waals surface area contributed by atoms with Gasteiger partial charge in [-0.15, -0.1) is 13.2 Å². The van der Waals surface area contributed by atoms with Crippen molar-refractivity contribution in [3.8, 4) is 45.3 Å². The number of halogens is 5. The average molecular weight is 458 g/mol. The summed E-state index contributed by atoms with van der Waals surface area (Å²) in [5.41, 5.74) is 2.10. The number of aromatic nitrogens is 2.